The van der Waals surface area contributed by atoms with Gasteiger partial charge in [0, 0.05) is 10.9 Å². The van der Waals surface area contributed by atoms with Gasteiger partial charge < -0.3 is 20.3 Å². The van der Waals surface area contributed by atoms with Crippen LogP contribution in [0.2, 0.25) is 0 Å². The molecule has 140 valence electrons. The van der Waals surface area contributed by atoms with Gasteiger partial charge in [-0.25, -0.2) is 9.97 Å². The monoisotopic (exact) mass is 373 g/mol. The topological polar surface area (TPSA) is 90.5 Å². The first-order valence-corrected chi connectivity index (χ1v) is 8.68. The molecule has 4 aromatic rings. The molecule has 0 amide bonds. The van der Waals surface area contributed by atoms with Gasteiger partial charge in [-0.15, -0.1) is 0 Å². The van der Waals surface area contributed by atoms with E-state index in [-0.39, 0.29) is 11.7 Å². The van der Waals surface area contributed by atoms with E-state index < -0.39 is 0 Å². The Morgan fingerprint density at radius 1 is 0.786 bits per heavy atom. The Balaban J connectivity index is 1.94. The van der Waals surface area contributed by atoms with Crippen LogP contribution in [-0.2, 0) is 0 Å². The summed E-state index contributed by atoms with van der Waals surface area (Å²) in [4.78, 5) is 8.83. The lowest BCUT2D eigenvalue weighted by atomic mass is 10.00. The molecular weight excluding hydrogens is 354 g/mol. The van der Waals surface area contributed by atoms with Crippen molar-refractivity contribution in [1.82, 2.24) is 9.97 Å². The molecule has 0 atom stereocenters. The number of nitrogens with two attached hydrogens (primary N) is 1. The fourth-order valence-electron chi connectivity index (χ4n) is 3.22. The largest absolute Gasteiger partial charge is 0.508 e. The number of phenols is 1. The summed E-state index contributed by atoms with van der Waals surface area (Å²) in [6.45, 7) is 0. The molecule has 3 N–H and O–H groups in total. The van der Waals surface area contributed by atoms with Crippen LogP contribution in [0.4, 0.5) is 5.95 Å². The third-order valence-corrected chi connectivity index (χ3v) is 4.55. The predicted molar refractivity (Wildman–Crippen MR) is 110 cm³/mol. The van der Waals surface area contributed by atoms with Crippen molar-refractivity contribution in [2.75, 3.05) is 20.0 Å². The van der Waals surface area contributed by atoms with E-state index in [0.717, 1.165) is 27.6 Å². The van der Waals surface area contributed by atoms with Crippen LogP contribution < -0.4 is 15.2 Å². The van der Waals surface area contributed by atoms with Gasteiger partial charge in [0.1, 0.15) is 5.75 Å². The third-order valence-electron chi connectivity index (χ3n) is 4.55. The maximum Gasteiger partial charge on any atom is 0.221 e. The Morgan fingerprint density at radius 3 is 2.29 bits per heavy atom. The van der Waals surface area contributed by atoms with Crippen molar-refractivity contribution in [1.29, 1.82) is 0 Å². The summed E-state index contributed by atoms with van der Waals surface area (Å²) < 4.78 is 10.7. The number of hydrogen-bond donors (Lipinski definition) is 2. The second kappa shape index (κ2) is 7.08. The highest BCUT2D eigenvalue weighted by Crippen LogP contribution is 2.36. The zero-order chi connectivity index (χ0) is 19.7. The highest BCUT2D eigenvalue weighted by Gasteiger charge is 2.13. The van der Waals surface area contributed by atoms with Crippen molar-refractivity contribution in [3.63, 3.8) is 0 Å². The first-order valence-electron chi connectivity index (χ1n) is 8.68. The summed E-state index contributed by atoms with van der Waals surface area (Å²) in [6, 6.07) is 18.5. The molecular formula is C22H19N3O3. The van der Waals surface area contributed by atoms with Crippen molar-refractivity contribution in [3.05, 3.63) is 60.7 Å². The minimum absolute atomic E-state index is 0.197. The molecule has 0 aliphatic heterocycles. The highest BCUT2D eigenvalue weighted by atomic mass is 16.5. The smallest absolute Gasteiger partial charge is 0.221 e. The van der Waals surface area contributed by atoms with Crippen molar-refractivity contribution in [2.45, 2.75) is 0 Å². The molecule has 6 heteroatoms. The van der Waals surface area contributed by atoms with Gasteiger partial charge in [-0.1, -0.05) is 18.2 Å². The fourth-order valence-corrected chi connectivity index (χ4v) is 3.22. The minimum Gasteiger partial charge on any atom is -0.508 e. The zero-order valence-electron chi connectivity index (χ0n) is 15.5. The standard InChI is InChI=1S/C22H19N3O3/c1-27-19-9-7-15(12-20(19)28-2)21-17-11-14(13-4-3-5-16(26)10-13)6-8-18(17)24-22(23)25-21/h3-12,26H,1-2H3,(H2,23,24,25). The Labute approximate surface area is 162 Å². The van der Waals surface area contributed by atoms with Crippen molar-refractivity contribution in [2.24, 2.45) is 0 Å². The number of nitrogen functional groups attached to an aromatic ring is 1. The van der Waals surface area contributed by atoms with Crippen LogP contribution in [0.5, 0.6) is 17.2 Å². The van der Waals surface area contributed by atoms with Gasteiger partial charge in [0.25, 0.3) is 0 Å². The predicted octanol–water partition coefficient (Wildman–Crippen LogP) is 4.27. The number of phenolic OH excluding ortho intramolecular Hbond substituents is 1. The maximum atomic E-state index is 9.80. The van der Waals surface area contributed by atoms with E-state index >= 15 is 0 Å². The molecule has 1 heterocycles. The first kappa shape index (κ1) is 17.6. The number of nitrogens with zero attached hydrogens (tertiary/aromatic N) is 2. The molecule has 0 bridgehead atoms. The summed E-state index contributed by atoms with van der Waals surface area (Å²) in [5, 5.41) is 10.6. The molecule has 0 unspecified atom stereocenters. The molecule has 0 saturated heterocycles. The zero-order valence-corrected chi connectivity index (χ0v) is 15.5. The fraction of sp³-hybridized carbons (Fsp3) is 0.0909. The number of rotatable bonds is 4. The van der Waals surface area contributed by atoms with Gasteiger partial charge in [0.2, 0.25) is 5.95 Å². The average molecular weight is 373 g/mol. The number of aromatic nitrogens is 2. The normalized spacial score (nSPS) is 10.8. The molecule has 3 aromatic carbocycles. The number of hydrogen-bond acceptors (Lipinski definition) is 6. The number of methoxy groups -OCH3 is 2. The first-order chi connectivity index (χ1) is 13.6. The number of benzene rings is 3. The van der Waals surface area contributed by atoms with Crippen LogP contribution in [-0.4, -0.2) is 29.3 Å². The third kappa shape index (κ3) is 3.16. The van der Waals surface area contributed by atoms with Gasteiger partial charge >= 0.3 is 0 Å². The van der Waals surface area contributed by atoms with Crippen LogP contribution in [0.25, 0.3) is 33.3 Å². The van der Waals surface area contributed by atoms with Crippen molar-refractivity contribution < 1.29 is 14.6 Å². The van der Waals surface area contributed by atoms with Gasteiger partial charge in [-0.3, -0.25) is 0 Å². The Morgan fingerprint density at radius 2 is 1.54 bits per heavy atom. The quantitative estimate of drug-likeness (QED) is 0.555. The molecule has 0 aliphatic carbocycles. The molecule has 4 rings (SSSR count). The molecule has 1 aromatic heterocycles. The number of aromatic hydroxyl groups is 1. The Kier molecular flexibility index (Phi) is 4.45. The molecule has 0 aliphatic rings. The van der Waals surface area contributed by atoms with E-state index in [1.165, 1.54) is 0 Å². The lowest BCUT2D eigenvalue weighted by molar-refractivity contribution is 0.355. The van der Waals surface area contributed by atoms with Crippen molar-refractivity contribution >= 4 is 16.9 Å². The molecule has 0 spiro atoms. The lowest BCUT2D eigenvalue weighted by Crippen LogP contribution is -1.99. The van der Waals surface area contributed by atoms with E-state index in [9.17, 15) is 5.11 Å². The van der Waals surface area contributed by atoms with E-state index in [1.807, 2.05) is 48.5 Å². The summed E-state index contributed by atoms with van der Waals surface area (Å²) in [5.41, 5.74) is 10.1. The second-order valence-corrected chi connectivity index (χ2v) is 6.28. The number of ether oxygens (including phenoxy) is 2. The van der Waals surface area contributed by atoms with E-state index in [0.29, 0.717) is 17.2 Å². The van der Waals surface area contributed by atoms with Crippen LogP contribution >= 0.6 is 0 Å². The van der Waals surface area contributed by atoms with Gasteiger partial charge in [0.05, 0.1) is 25.4 Å². The molecule has 28 heavy (non-hydrogen) atoms. The highest BCUT2D eigenvalue weighted by molar-refractivity contribution is 5.96. The van der Waals surface area contributed by atoms with Gasteiger partial charge in [0.15, 0.2) is 11.5 Å². The average Bonchev–Trinajstić information content (AvgIpc) is 2.72. The summed E-state index contributed by atoms with van der Waals surface area (Å²) >= 11 is 0. The van der Waals surface area contributed by atoms with E-state index in [1.54, 1.807) is 26.4 Å². The van der Waals surface area contributed by atoms with Crippen LogP contribution in [0.3, 0.4) is 0 Å². The number of fused-ring (bicyclic) bond motifs is 1. The van der Waals surface area contributed by atoms with E-state index in [2.05, 4.69) is 9.97 Å². The Bertz CT molecular complexity index is 1170. The molecule has 0 fully saturated rings. The van der Waals surface area contributed by atoms with Crippen molar-refractivity contribution in [3.8, 4) is 39.6 Å². The van der Waals surface area contributed by atoms with Crippen LogP contribution in [0.15, 0.2) is 60.7 Å². The van der Waals surface area contributed by atoms with E-state index in [4.69, 9.17) is 15.2 Å². The summed E-state index contributed by atoms with van der Waals surface area (Å²) in [6.07, 6.45) is 0. The minimum atomic E-state index is 0.197. The molecule has 6 nitrogen and oxygen atoms in total. The van der Waals surface area contributed by atoms with Gasteiger partial charge in [-0.05, 0) is 53.6 Å². The summed E-state index contributed by atoms with van der Waals surface area (Å²) in [5.74, 6) is 1.65. The van der Waals surface area contributed by atoms with Gasteiger partial charge in [-0.2, -0.15) is 0 Å². The molecule has 0 radical (unpaired) electrons. The van der Waals surface area contributed by atoms with Crippen LogP contribution in [0, 0.1) is 0 Å². The molecule has 0 saturated carbocycles. The lowest BCUT2D eigenvalue weighted by Gasteiger charge is -2.12. The SMILES string of the molecule is COc1ccc(-c2nc(N)nc3ccc(-c4cccc(O)c4)cc23)cc1OC. The Hall–Kier alpha value is -3.80. The van der Waals surface area contributed by atoms with Crippen LogP contribution in [0.1, 0.15) is 0 Å². The summed E-state index contributed by atoms with van der Waals surface area (Å²) in [7, 11) is 3.19. The maximum absolute atomic E-state index is 9.80. The number of anilines is 1. The second-order valence-electron chi connectivity index (χ2n) is 6.28.